The smallest absolute Gasteiger partial charge is 0.181 e. The van der Waals surface area contributed by atoms with Gasteiger partial charge in [0.25, 0.3) is 0 Å². The van der Waals surface area contributed by atoms with E-state index >= 15 is 0 Å². The van der Waals surface area contributed by atoms with Gasteiger partial charge in [-0.25, -0.2) is 0 Å². The fourth-order valence-corrected chi connectivity index (χ4v) is 1.13. The van der Waals surface area contributed by atoms with Crippen LogP contribution in [0.1, 0.15) is 0 Å². The number of hydrogen-bond acceptors (Lipinski definition) is 2. The molecule has 0 aliphatic rings. The van der Waals surface area contributed by atoms with Crippen LogP contribution in [-0.2, 0) is 0 Å². The summed E-state index contributed by atoms with van der Waals surface area (Å²) in [5.41, 5.74) is 0.726. The van der Waals surface area contributed by atoms with Gasteiger partial charge < -0.3 is 0 Å². The van der Waals surface area contributed by atoms with E-state index < -0.39 is 0 Å². The zero-order valence-electron chi connectivity index (χ0n) is 5.44. The van der Waals surface area contributed by atoms with Crippen LogP contribution in [0.4, 0.5) is 5.69 Å². The van der Waals surface area contributed by atoms with Crippen molar-refractivity contribution in [3.05, 3.63) is 27.7 Å². The normalized spacial score (nSPS) is 8.82. The maximum atomic E-state index is 8.27. The maximum Gasteiger partial charge on any atom is 0.181 e. The summed E-state index contributed by atoms with van der Waals surface area (Å²) in [6.45, 7) is 0. The molecule has 1 N–H and O–H groups in total. The molecule has 0 bridgehead atoms. The SMILES string of the molecule is N#CNc1ccc(Cl)c(Br)c1. The number of anilines is 1. The van der Waals surface area contributed by atoms with Crippen LogP contribution in [-0.4, -0.2) is 0 Å². The molecule has 0 aliphatic carbocycles. The van der Waals surface area contributed by atoms with E-state index in [-0.39, 0.29) is 0 Å². The molecule has 0 saturated heterocycles. The Kier molecular flexibility index (Phi) is 2.75. The summed E-state index contributed by atoms with van der Waals surface area (Å²) in [6, 6.07) is 5.19. The first-order valence-corrected chi connectivity index (χ1v) is 4.01. The lowest BCUT2D eigenvalue weighted by atomic mass is 10.3. The second-order valence-corrected chi connectivity index (χ2v) is 3.13. The Morgan fingerprint density at radius 2 is 2.27 bits per heavy atom. The van der Waals surface area contributed by atoms with E-state index in [0.717, 1.165) is 10.2 Å². The minimum atomic E-state index is 0.633. The number of benzene rings is 1. The Morgan fingerprint density at radius 3 is 2.82 bits per heavy atom. The molecule has 2 nitrogen and oxygen atoms in total. The molecule has 0 atom stereocenters. The third-order valence-corrected chi connectivity index (χ3v) is 2.33. The maximum absolute atomic E-state index is 8.27. The van der Waals surface area contributed by atoms with Gasteiger partial charge in [0.15, 0.2) is 6.19 Å². The van der Waals surface area contributed by atoms with Crippen molar-refractivity contribution in [3.8, 4) is 6.19 Å². The van der Waals surface area contributed by atoms with E-state index in [0.29, 0.717) is 5.02 Å². The summed E-state index contributed by atoms with van der Waals surface area (Å²) in [7, 11) is 0. The van der Waals surface area contributed by atoms with Crippen LogP contribution < -0.4 is 5.32 Å². The van der Waals surface area contributed by atoms with Crippen LogP contribution in [0.2, 0.25) is 5.02 Å². The predicted octanol–water partition coefficient (Wildman–Crippen LogP) is 3.00. The Hall–Kier alpha value is -0.720. The van der Waals surface area contributed by atoms with Gasteiger partial charge in [0.1, 0.15) is 0 Å². The molecule has 11 heavy (non-hydrogen) atoms. The predicted molar refractivity (Wildman–Crippen MR) is 48.4 cm³/mol. The molecule has 0 aliphatic heterocycles. The summed E-state index contributed by atoms with van der Waals surface area (Å²) in [5.74, 6) is 0. The lowest BCUT2D eigenvalue weighted by Gasteiger charge is -1.98. The van der Waals surface area contributed by atoms with Crippen LogP contribution in [0.5, 0.6) is 0 Å². The number of nitrogens with one attached hydrogen (secondary N) is 1. The van der Waals surface area contributed by atoms with Gasteiger partial charge in [-0.15, -0.1) is 0 Å². The summed E-state index contributed by atoms with van der Waals surface area (Å²) >= 11 is 8.96. The van der Waals surface area contributed by atoms with E-state index in [9.17, 15) is 0 Å². The van der Waals surface area contributed by atoms with E-state index in [2.05, 4.69) is 21.2 Å². The second-order valence-electron chi connectivity index (χ2n) is 1.87. The van der Waals surface area contributed by atoms with Gasteiger partial charge in [-0.2, -0.15) is 5.26 Å². The minimum Gasteiger partial charge on any atom is -0.293 e. The minimum absolute atomic E-state index is 0.633. The molecule has 0 aromatic heterocycles. The van der Waals surface area contributed by atoms with Crippen molar-refractivity contribution in [2.45, 2.75) is 0 Å². The first kappa shape index (κ1) is 8.38. The fraction of sp³-hybridized carbons (Fsp3) is 0. The monoisotopic (exact) mass is 230 g/mol. The van der Waals surface area contributed by atoms with E-state index in [1.54, 1.807) is 18.2 Å². The summed E-state index contributed by atoms with van der Waals surface area (Å²) in [5, 5.41) is 11.4. The Balaban J connectivity index is 2.98. The lowest BCUT2D eigenvalue weighted by molar-refractivity contribution is 1.47. The molecule has 1 aromatic rings. The molecule has 1 aromatic carbocycles. The average molecular weight is 231 g/mol. The van der Waals surface area contributed by atoms with Gasteiger partial charge in [0, 0.05) is 10.2 Å². The first-order chi connectivity index (χ1) is 5.24. The van der Waals surface area contributed by atoms with Gasteiger partial charge in [0.05, 0.1) is 5.02 Å². The molecule has 0 spiro atoms. The molecule has 0 amide bonds. The third kappa shape index (κ3) is 2.11. The fourth-order valence-electron chi connectivity index (χ4n) is 0.638. The summed E-state index contributed by atoms with van der Waals surface area (Å²) in [6.07, 6.45) is 1.82. The quantitative estimate of drug-likeness (QED) is 0.596. The number of rotatable bonds is 1. The topological polar surface area (TPSA) is 35.8 Å². The van der Waals surface area contributed by atoms with Crippen LogP contribution in [0.25, 0.3) is 0 Å². The second kappa shape index (κ2) is 3.61. The molecule has 0 saturated carbocycles. The highest BCUT2D eigenvalue weighted by molar-refractivity contribution is 9.10. The van der Waals surface area contributed by atoms with Gasteiger partial charge in [0.2, 0.25) is 0 Å². The Morgan fingerprint density at radius 1 is 1.55 bits per heavy atom. The van der Waals surface area contributed by atoms with E-state index in [1.165, 1.54) is 0 Å². The van der Waals surface area contributed by atoms with Gasteiger partial charge in [-0.1, -0.05) is 11.6 Å². The molecule has 0 fully saturated rings. The number of hydrogen-bond donors (Lipinski definition) is 1. The van der Waals surface area contributed by atoms with Crippen molar-refractivity contribution in [2.24, 2.45) is 0 Å². The highest BCUT2D eigenvalue weighted by Crippen LogP contribution is 2.25. The van der Waals surface area contributed by atoms with Crippen molar-refractivity contribution in [3.63, 3.8) is 0 Å². The van der Waals surface area contributed by atoms with Crippen molar-refractivity contribution in [2.75, 3.05) is 5.32 Å². The zero-order valence-corrected chi connectivity index (χ0v) is 7.78. The Labute approximate surface area is 77.9 Å². The molecule has 0 unspecified atom stereocenters. The molecule has 56 valence electrons. The van der Waals surface area contributed by atoms with Crippen LogP contribution in [0, 0.1) is 11.5 Å². The summed E-state index contributed by atoms with van der Waals surface area (Å²) < 4.78 is 0.777. The van der Waals surface area contributed by atoms with Crippen LogP contribution in [0.15, 0.2) is 22.7 Å². The van der Waals surface area contributed by atoms with Gasteiger partial charge >= 0.3 is 0 Å². The first-order valence-electron chi connectivity index (χ1n) is 2.84. The lowest BCUT2D eigenvalue weighted by Crippen LogP contribution is -1.85. The van der Waals surface area contributed by atoms with Crippen molar-refractivity contribution in [1.82, 2.24) is 0 Å². The molecule has 1 rings (SSSR count). The molecular formula is C7H4BrClN2. The largest absolute Gasteiger partial charge is 0.293 e. The zero-order chi connectivity index (χ0) is 8.27. The molecule has 0 radical (unpaired) electrons. The Bertz CT molecular complexity index is 306. The van der Waals surface area contributed by atoms with Crippen LogP contribution >= 0.6 is 27.5 Å². The highest BCUT2D eigenvalue weighted by Gasteiger charge is 1.96. The number of nitriles is 1. The van der Waals surface area contributed by atoms with Crippen molar-refractivity contribution >= 4 is 33.2 Å². The molecular weight excluding hydrogens is 227 g/mol. The third-order valence-electron chi connectivity index (χ3n) is 1.12. The van der Waals surface area contributed by atoms with Gasteiger partial charge in [-0.3, -0.25) is 5.32 Å². The van der Waals surface area contributed by atoms with E-state index in [4.69, 9.17) is 16.9 Å². The standard InChI is InChI=1S/C7H4BrClN2/c8-6-3-5(11-4-10)1-2-7(6)9/h1-3,11H. The highest BCUT2D eigenvalue weighted by atomic mass is 79.9. The van der Waals surface area contributed by atoms with Gasteiger partial charge in [-0.05, 0) is 34.1 Å². The molecule has 4 heteroatoms. The molecule has 0 heterocycles. The average Bonchev–Trinajstić information content (AvgIpc) is 1.98. The van der Waals surface area contributed by atoms with Crippen molar-refractivity contribution in [1.29, 1.82) is 5.26 Å². The number of halogens is 2. The number of nitrogens with zero attached hydrogens (tertiary/aromatic N) is 1. The van der Waals surface area contributed by atoms with E-state index in [1.807, 2.05) is 6.19 Å². The summed E-state index contributed by atoms with van der Waals surface area (Å²) in [4.78, 5) is 0. The van der Waals surface area contributed by atoms with Crippen molar-refractivity contribution < 1.29 is 0 Å². The van der Waals surface area contributed by atoms with Crippen LogP contribution in [0.3, 0.4) is 0 Å².